The molecule has 3 rings (SSSR count). The number of amides is 4. The minimum absolute atomic E-state index is 0.100. The van der Waals surface area contributed by atoms with Gasteiger partial charge in [-0.25, -0.2) is 9.69 Å². The monoisotopic (exact) mass is 423 g/mol. The summed E-state index contributed by atoms with van der Waals surface area (Å²) in [4.78, 5) is 41.8. The molecule has 0 aliphatic carbocycles. The molecule has 1 unspecified atom stereocenters. The van der Waals surface area contributed by atoms with Gasteiger partial charge >= 0.3 is 6.03 Å². The van der Waals surface area contributed by atoms with Crippen molar-refractivity contribution < 1.29 is 19.1 Å². The topological polar surface area (TPSA) is 79.0 Å². The van der Waals surface area contributed by atoms with Gasteiger partial charge in [-0.1, -0.05) is 26.0 Å². The number of carbonyl (C=O) groups excluding carboxylic acids is 3. The first-order valence-corrected chi connectivity index (χ1v) is 10.4. The maximum Gasteiger partial charge on any atom is 0.332 e. The molecule has 4 amide bonds. The molecule has 1 fully saturated rings. The Morgan fingerprint density at radius 2 is 1.84 bits per heavy atom. The zero-order valence-corrected chi connectivity index (χ0v) is 18.4. The summed E-state index contributed by atoms with van der Waals surface area (Å²) in [5.41, 5.74) is 2.09. The zero-order valence-electron chi connectivity index (χ0n) is 18.4. The number of carbonyl (C=O) groups is 3. The number of imide groups is 1. The smallest absolute Gasteiger partial charge is 0.332 e. The molecule has 1 N–H and O–H groups in total. The van der Waals surface area contributed by atoms with Gasteiger partial charge < -0.3 is 15.0 Å². The summed E-state index contributed by atoms with van der Waals surface area (Å²) in [6.07, 6.45) is 0.647. The van der Waals surface area contributed by atoms with Crippen LogP contribution in [0.2, 0.25) is 0 Å². The molecule has 1 atom stereocenters. The van der Waals surface area contributed by atoms with E-state index in [1.807, 2.05) is 19.1 Å². The zero-order chi connectivity index (χ0) is 22.5. The van der Waals surface area contributed by atoms with E-state index < -0.39 is 6.04 Å². The Kier molecular flexibility index (Phi) is 6.95. The lowest BCUT2D eigenvalue weighted by Gasteiger charge is -2.22. The Hall–Kier alpha value is -3.35. The maximum atomic E-state index is 13.2. The summed E-state index contributed by atoms with van der Waals surface area (Å²) in [5.74, 6) is 0.356. The molecule has 0 saturated carbocycles. The van der Waals surface area contributed by atoms with Crippen molar-refractivity contribution in [1.29, 1.82) is 0 Å². The van der Waals surface area contributed by atoms with Gasteiger partial charge in [-0.15, -0.1) is 0 Å². The third kappa shape index (κ3) is 5.23. The Morgan fingerprint density at radius 3 is 2.45 bits per heavy atom. The van der Waals surface area contributed by atoms with E-state index in [1.54, 1.807) is 43.5 Å². The van der Waals surface area contributed by atoms with Gasteiger partial charge in [-0.3, -0.25) is 9.59 Å². The Morgan fingerprint density at radius 1 is 1.13 bits per heavy atom. The van der Waals surface area contributed by atoms with Gasteiger partial charge in [0.25, 0.3) is 5.91 Å². The predicted octanol–water partition coefficient (Wildman–Crippen LogP) is 4.22. The molecule has 1 aliphatic rings. The average molecular weight is 424 g/mol. The van der Waals surface area contributed by atoms with Crippen LogP contribution in [-0.2, 0) is 9.59 Å². The van der Waals surface area contributed by atoms with E-state index in [0.717, 1.165) is 12.0 Å². The lowest BCUT2D eigenvalue weighted by Crippen LogP contribution is -2.39. The van der Waals surface area contributed by atoms with Crippen molar-refractivity contribution in [2.24, 2.45) is 5.92 Å². The Labute approximate surface area is 183 Å². The number of nitrogens with one attached hydrogen (secondary N) is 1. The lowest BCUT2D eigenvalue weighted by molar-refractivity contribution is -0.124. The van der Waals surface area contributed by atoms with Crippen molar-refractivity contribution in [2.75, 3.05) is 23.9 Å². The number of hydrogen-bond acceptors (Lipinski definition) is 4. The highest BCUT2D eigenvalue weighted by Crippen LogP contribution is 2.28. The van der Waals surface area contributed by atoms with E-state index in [-0.39, 0.29) is 24.3 Å². The van der Waals surface area contributed by atoms with Crippen molar-refractivity contribution >= 4 is 29.2 Å². The van der Waals surface area contributed by atoms with Gasteiger partial charge in [-0.2, -0.15) is 0 Å². The summed E-state index contributed by atoms with van der Waals surface area (Å²) in [7, 11) is 1.57. The Bertz CT molecular complexity index is 956. The van der Waals surface area contributed by atoms with Crippen molar-refractivity contribution in [3.63, 3.8) is 0 Å². The molecule has 1 aliphatic heterocycles. The van der Waals surface area contributed by atoms with Crippen LogP contribution in [0.1, 0.15) is 32.3 Å². The molecule has 0 spiro atoms. The number of ether oxygens (including phenoxy) is 1. The molecule has 0 aromatic heterocycles. The van der Waals surface area contributed by atoms with Crippen LogP contribution >= 0.6 is 0 Å². The molecule has 2 aromatic carbocycles. The number of anilines is 2. The van der Waals surface area contributed by atoms with Crippen molar-refractivity contribution in [1.82, 2.24) is 4.90 Å². The lowest BCUT2D eigenvalue weighted by atomic mass is 10.1. The Balaban J connectivity index is 1.79. The molecular weight excluding hydrogens is 394 g/mol. The van der Waals surface area contributed by atoms with Crippen LogP contribution in [-0.4, -0.2) is 42.4 Å². The largest absolute Gasteiger partial charge is 0.497 e. The molecule has 7 heteroatoms. The first-order valence-electron chi connectivity index (χ1n) is 10.4. The van der Waals surface area contributed by atoms with Crippen LogP contribution in [0.5, 0.6) is 5.75 Å². The van der Waals surface area contributed by atoms with E-state index in [9.17, 15) is 14.4 Å². The molecule has 0 bridgehead atoms. The normalized spacial score (nSPS) is 16.2. The van der Waals surface area contributed by atoms with Gasteiger partial charge in [0.2, 0.25) is 5.91 Å². The highest BCUT2D eigenvalue weighted by atomic mass is 16.5. The van der Waals surface area contributed by atoms with Crippen molar-refractivity contribution in [2.45, 2.75) is 39.7 Å². The average Bonchev–Trinajstić information content (AvgIpc) is 2.96. The molecule has 31 heavy (non-hydrogen) atoms. The first-order chi connectivity index (χ1) is 14.8. The van der Waals surface area contributed by atoms with Crippen LogP contribution in [0.15, 0.2) is 48.5 Å². The summed E-state index contributed by atoms with van der Waals surface area (Å²) in [5, 5.41) is 2.80. The second-order valence-corrected chi connectivity index (χ2v) is 8.17. The number of benzene rings is 2. The summed E-state index contributed by atoms with van der Waals surface area (Å²) in [6.45, 7) is 6.45. The van der Waals surface area contributed by atoms with Gasteiger partial charge in [0, 0.05) is 12.2 Å². The van der Waals surface area contributed by atoms with Crippen molar-refractivity contribution in [3.8, 4) is 5.75 Å². The fourth-order valence-corrected chi connectivity index (χ4v) is 3.55. The van der Waals surface area contributed by atoms with Crippen LogP contribution in [0, 0.1) is 12.8 Å². The van der Waals surface area contributed by atoms with Crippen molar-refractivity contribution in [3.05, 3.63) is 54.1 Å². The molecule has 0 radical (unpaired) electrons. The molecule has 164 valence electrons. The summed E-state index contributed by atoms with van der Waals surface area (Å²) < 4.78 is 5.12. The number of hydrogen-bond donors (Lipinski definition) is 1. The van der Waals surface area contributed by atoms with E-state index in [4.69, 9.17) is 4.74 Å². The minimum Gasteiger partial charge on any atom is -0.497 e. The predicted molar refractivity (Wildman–Crippen MR) is 120 cm³/mol. The van der Waals surface area contributed by atoms with Crippen LogP contribution < -0.4 is 15.0 Å². The third-order valence-corrected chi connectivity index (χ3v) is 5.28. The van der Waals surface area contributed by atoms with E-state index in [2.05, 4.69) is 19.2 Å². The molecule has 1 heterocycles. The highest BCUT2D eigenvalue weighted by molar-refractivity contribution is 6.22. The second kappa shape index (κ2) is 9.64. The molecular formula is C24H29N3O4. The number of nitrogens with zero attached hydrogens (tertiary/aromatic N) is 2. The highest BCUT2D eigenvalue weighted by Gasteiger charge is 2.46. The summed E-state index contributed by atoms with van der Waals surface area (Å²) >= 11 is 0. The quantitative estimate of drug-likeness (QED) is 0.645. The van der Waals surface area contributed by atoms with Gasteiger partial charge in [0.15, 0.2) is 0 Å². The summed E-state index contributed by atoms with van der Waals surface area (Å²) in [6, 6.07) is 13.0. The number of methoxy groups -OCH3 is 1. The standard InChI is InChI=1S/C24H29N3O4/c1-16(2)12-13-26-21(15-22(28)25-18-8-10-20(31-4)11-9-18)23(29)27(24(26)30)19-7-5-6-17(3)14-19/h5-11,14,16,21H,12-13,15H2,1-4H3,(H,25,28). The maximum absolute atomic E-state index is 13.2. The van der Waals surface area contributed by atoms with Crippen LogP contribution in [0.25, 0.3) is 0 Å². The first kappa shape index (κ1) is 22.3. The number of aryl methyl sites for hydroxylation is 1. The molecule has 7 nitrogen and oxygen atoms in total. The van der Waals surface area contributed by atoms with E-state index in [1.165, 1.54) is 9.80 Å². The van der Waals surface area contributed by atoms with Gasteiger partial charge in [-0.05, 0) is 61.2 Å². The minimum atomic E-state index is -0.829. The number of rotatable bonds is 8. The SMILES string of the molecule is COc1ccc(NC(=O)CC2C(=O)N(c3cccc(C)c3)C(=O)N2CCC(C)C)cc1. The van der Waals surface area contributed by atoms with Crippen LogP contribution in [0.3, 0.4) is 0 Å². The van der Waals surface area contributed by atoms with Crippen LogP contribution in [0.4, 0.5) is 16.2 Å². The van der Waals surface area contributed by atoms with E-state index in [0.29, 0.717) is 29.6 Å². The van der Waals surface area contributed by atoms with Gasteiger partial charge in [0.1, 0.15) is 11.8 Å². The molecule has 2 aromatic rings. The molecule has 1 saturated heterocycles. The number of urea groups is 1. The fraction of sp³-hybridized carbons (Fsp3) is 0.375. The second-order valence-electron chi connectivity index (χ2n) is 8.17. The third-order valence-electron chi connectivity index (χ3n) is 5.28. The van der Waals surface area contributed by atoms with E-state index >= 15 is 0 Å². The van der Waals surface area contributed by atoms with Gasteiger partial charge in [0.05, 0.1) is 19.2 Å². The fourth-order valence-electron chi connectivity index (χ4n) is 3.55.